The maximum atomic E-state index is 13.6. The molecule has 0 saturated carbocycles. The summed E-state index contributed by atoms with van der Waals surface area (Å²) in [5.41, 5.74) is 1.25. The van der Waals surface area contributed by atoms with Crippen LogP contribution in [0.25, 0.3) is 0 Å². The maximum absolute atomic E-state index is 13.6. The Kier molecular flexibility index (Phi) is 18.6. The van der Waals surface area contributed by atoms with E-state index in [-0.39, 0.29) is 21.3 Å². The van der Waals surface area contributed by atoms with Gasteiger partial charge in [0.15, 0.2) is 0 Å². The summed E-state index contributed by atoms with van der Waals surface area (Å²) < 4.78 is 98.0. The average Bonchev–Trinajstić information content (AvgIpc) is 3.50. The number of ether oxygens (including phenoxy) is 2. The minimum absolute atomic E-state index is 0.0138. The van der Waals surface area contributed by atoms with E-state index in [2.05, 4.69) is 23.3 Å². The Bertz CT molecular complexity index is 2530. The fraction of sp³-hybridized carbons (Fsp3) is 0.375. The van der Waals surface area contributed by atoms with Crippen molar-refractivity contribution in [3.05, 3.63) is 109 Å². The fourth-order valence-corrected chi connectivity index (χ4v) is 12.4. The highest BCUT2D eigenvalue weighted by molar-refractivity contribution is 7.99. The zero-order valence-corrected chi connectivity index (χ0v) is 42.0. The number of carboxylic acid groups (broad SMARTS) is 2. The lowest BCUT2D eigenvalue weighted by molar-refractivity contribution is -0.135. The molecule has 0 radical (unpaired) electrons. The topological polar surface area (TPSA) is 192 Å². The first kappa shape index (κ1) is 53.8. The summed E-state index contributed by atoms with van der Waals surface area (Å²) in [6, 6.07) is 25.1. The van der Waals surface area contributed by atoms with E-state index in [1.165, 1.54) is 35.7 Å². The Balaban J connectivity index is 0.000000254. The van der Waals surface area contributed by atoms with Crippen LogP contribution in [0, 0.1) is 0 Å². The number of carbonyl (C=O) groups is 2. The van der Waals surface area contributed by atoms with Gasteiger partial charge in [0.1, 0.15) is 33.8 Å². The number of benzene rings is 4. The van der Waals surface area contributed by atoms with Crippen LogP contribution in [0.1, 0.15) is 79.1 Å². The van der Waals surface area contributed by atoms with Crippen molar-refractivity contribution in [1.82, 2.24) is 9.44 Å². The van der Waals surface area contributed by atoms with Crippen LogP contribution in [-0.2, 0) is 29.6 Å². The quantitative estimate of drug-likeness (QED) is 0.0418. The lowest BCUT2D eigenvalue weighted by Gasteiger charge is -2.36. The molecule has 2 atom stereocenters. The predicted molar refractivity (Wildman–Crippen MR) is 264 cm³/mol. The third-order valence-electron chi connectivity index (χ3n) is 11.8. The number of unbranched alkanes of at least 4 members (excludes halogenated alkanes) is 2. The molecule has 0 unspecified atom stereocenters. The second-order valence-corrected chi connectivity index (χ2v) is 21.2. The minimum Gasteiger partial charge on any atom is -0.476 e. The standard InChI is InChI=1S/2C24H29FN2O5S2/c2*1-4-6-12-24(5-2)16-27(17-10-8-7-9-11-17)19-13-21(33-3)20(32-15-18(25)23(28)29)14-22(19)34(30,31)26-24/h2*7-11,13-15,26H,4-6,12,16H2,1-3H3,(H,28,29)/b2*18-15-/t2*24-/m10/s1. The molecular formula is C48H58F2N4O10S4. The van der Waals surface area contributed by atoms with Gasteiger partial charge in [-0.25, -0.2) is 35.9 Å². The molecule has 368 valence electrons. The molecule has 4 aromatic carbocycles. The van der Waals surface area contributed by atoms with Crippen LogP contribution in [0.5, 0.6) is 11.5 Å². The first-order valence-corrected chi connectivity index (χ1v) is 27.4. The number of nitrogens with zero attached hydrogens (tertiary/aromatic N) is 2. The molecule has 6 rings (SSSR count). The number of aliphatic carboxylic acids is 2. The molecule has 20 heteroatoms. The molecule has 0 spiro atoms. The number of para-hydroxylation sites is 2. The lowest BCUT2D eigenvalue weighted by Crippen LogP contribution is -2.52. The van der Waals surface area contributed by atoms with Crippen LogP contribution in [0.3, 0.4) is 0 Å². The lowest BCUT2D eigenvalue weighted by atomic mass is 9.89. The monoisotopic (exact) mass is 1020 g/mol. The number of hydrogen-bond acceptors (Lipinski definition) is 12. The molecule has 4 aromatic rings. The number of halogens is 2. The van der Waals surface area contributed by atoms with Crippen molar-refractivity contribution >= 4 is 78.3 Å². The van der Waals surface area contributed by atoms with E-state index < -0.39 is 54.7 Å². The van der Waals surface area contributed by atoms with Crippen LogP contribution in [0.15, 0.2) is 129 Å². The van der Waals surface area contributed by atoms with Gasteiger partial charge in [-0.2, -0.15) is 8.78 Å². The molecule has 0 fully saturated rings. The molecule has 0 saturated heterocycles. The Morgan fingerprint density at radius 3 is 1.29 bits per heavy atom. The molecule has 0 aliphatic carbocycles. The Morgan fingerprint density at radius 2 is 1.00 bits per heavy atom. The van der Waals surface area contributed by atoms with Crippen molar-refractivity contribution in [2.24, 2.45) is 0 Å². The minimum atomic E-state index is -3.98. The van der Waals surface area contributed by atoms with E-state index in [0.717, 1.165) is 37.1 Å². The number of nitrogens with one attached hydrogen (secondary N) is 2. The summed E-state index contributed by atoms with van der Waals surface area (Å²) in [7, 11) is -7.97. The molecule has 14 nitrogen and oxygen atoms in total. The molecule has 4 N–H and O–H groups in total. The highest BCUT2D eigenvalue weighted by atomic mass is 32.2. The Labute approximate surface area is 406 Å². The van der Waals surface area contributed by atoms with E-state index in [1.807, 2.05) is 84.3 Å². The van der Waals surface area contributed by atoms with Crippen molar-refractivity contribution in [3.8, 4) is 11.5 Å². The van der Waals surface area contributed by atoms with E-state index in [4.69, 9.17) is 19.7 Å². The number of carboxylic acids is 2. The SMILES string of the molecule is CCCC[C@@]1(CC)CN(c2ccccc2)c2cc(SC)c(O/C=C(\F)C(=O)O)cc2S(=O)(=O)N1.CCCC[C@]1(CC)CN(c2ccccc2)c2cc(SC)c(O/C=C(\F)C(=O)O)cc2S(=O)(=O)N1. The summed E-state index contributed by atoms with van der Waals surface area (Å²) in [6.45, 7) is 8.94. The number of hydrogen-bond donors (Lipinski definition) is 4. The van der Waals surface area contributed by atoms with Crippen molar-refractivity contribution in [1.29, 1.82) is 0 Å². The normalized spacial score (nSPS) is 19.9. The number of fused-ring (bicyclic) bond motifs is 2. The fourth-order valence-electron chi connectivity index (χ4n) is 7.96. The van der Waals surface area contributed by atoms with Crippen molar-refractivity contribution in [3.63, 3.8) is 0 Å². The summed E-state index contributed by atoms with van der Waals surface area (Å²) in [4.78, 5) is 26.6. The smallest absolute Gasteiger partial charge is 0.368 e. The third kappa shape index (κ3) is 12.7. The van der Waals surface area contributed by atoms with E-state index in [0.29, 0.717) is 72.5 Å². The molecular weight excluding hydrogens is 959 g/mol. The van der Waals surface area contributed by atoms with Gasteiger partial charge in [0.05, 0.1) is 32.2 Å². The summed E-state index contributed by atoms with van der Waals surface area (Å²) >= 11 is 2.57. The van der Waals surface area contributed by atoms with Gasteiger partial charge in [-0.3, -0.25) is 0 Å². The molecule has 2 aliphatic heterocycles. The predicted octanol–water partition coefficient (Wildman–Crippen LogP) is 10.9. The molecule has 0 amide bonds. The van der Waals surface area contributed by atoms with Gasteiger partial charge in [0.25, 0.3) is 0 Å². The van der Waals surface area contributed by atoms with Crippen molar-refractivity contribution < 1.29 is 54.9 Å². The third-order valence-corrected chi connectivity index (χ3v) is 16.5. The molecule has 2 heterocycles. The number of rotatable bonds is 18. The first-order chi connectivity index (χ1) is 32.3. The molecule has 2 aliphatic rings. The highest BCUT2D eigenvalue weighted by Crippen LogP contribution is 2.46. The van der Waals surface area contributed by atoms with Gasteiger partial charge in [0, 0.05) is 36.6 Å². The Morgan fingerprint density at radius 1 is 0.647 bits per heavy atom. The Hall–Kier alpha value is -5.12. The first-order valence-electron chi connectivity index (χ1n) is 22.0. The zero-order valence-electron chi connectivity index (χ0n) is 38.8. The highest BCUT2D eigenvalue weighted by Gasteiger charge is 2.43. The van der Waals surface area contributed by atoms with Gasteiger partial charge in [-0.05, 0) is 74.6 Å². The van der Waals surface area contributed by atoms with Crippen LogP contribution in [-0.4, -0.2) is 75.7 Å². The van der Waals surface area contributed by atoms with Crippen LogP contribution in [0.4, 0.5) is 31.5 Å². The van der Waals surface area contributed by atoms with Crippen LogP contribution >= 0.6 is 23.5 Å². The second kappa shape index (κ2) is 23.5. The van der Waals surface area contributed by atoms with Crippen molar-refractivity contribution in [2.45, 2.75) is 110 Å². The van der Waals surface area contributed by atoms with Gasteiger partial charge < -0.3 is 29.5 Å². The van der Waals surface area contributed by atoms with Crippen LogP contribution in [0.2, 0.25) is 0 Å². The number of anilines is 4. The van der Waals surface area contributed by atoms with Gasteiger partial charge in [0.2, 0.25) is 31.7 Å². The van der Waals surface area contributed by atoms with Gasteiger partial charge >= 0.3 is 11.9 Å². The number of sulfonamides is 2. The van der Waals surface area contributed by atoms with Gasteiger partial charge in [-0.1, -0.05) is 89.8 Å². The van der Waals surface area contributed by atoms with E-state index >= 15 is 0 Å². The summed E-state index contributed by atoms with van der Waals surface area (Å²) in [5, 5.41) is 17.5. The van der Waals surface area contributed by atoms with E-state index in [1.54, 1.807) is 24.6 Å². The molecule has 0 aromatic heterocycles. The largest absolute Gasteiger partial charge is 0.476 e. The molecule has 0 bridgehead atoms. The average molecular weight is 1020 g/mol. The zero-order chi connectivity index (χ0) is 49.9. The van der Waals surface area contributed by atoms with Crippen molar-refractivity contribution in [2.75, 3.05) is 35.4 Å². The van der Waals surface area contributed by atoms with E-state index in [9.17, 15) is 35.2 Å². The summed E-state index contributed by atoms with van der Waals surface area (Å²) in [6.07, 6.45) is 10.6. The molecule has 68 heavy (non-hydrogen) atoms. The summed E-state index contributed by atoms with van der Waals surface area (Å²) in [5.74, 6) is -6.41. The van der Waals surface area contributed by atoms with Gasteiger partial charge in [-0.15, -0.1) is 23.5 Å². The van der Waals surface area contributed by atoms with Crippen LogP contribution < -0.4 is 28.7 Å². The maximum Gasteiger partial charge on any atom is 0.368 e. The second-order valence-electron chi connectivity index (χ2n) is 16.2. The number of thioether (sulfide) groups is 2.